The maximum atomic E-state index is 11.8. The number of hydrogen-bond donors (Lipinski definition) is 2. The van der Waals surface area contributed by atoms with Crippen LogP contribution in [0.3, 0.4) is 0 Å². The van der Waals surface area contributed by atoms with Crippen molar-refractivity contribution in [2.45, 2.75) is 25.6 Å². The third-order valence-corrected chi connectivity index (χ3v) is 3.23. The molecule has 0 radical (unpaired) electrons. The van der Waals surface area contributed by atoms with Gasteiger partial charge in [0, 0.05) is 18.7 Å². The van der Waals surface area contributed by atoms with Gasteiger partial charge in [0.2, 0.25) is 0 Å². The topological polar surface area (TPSA) is 67.8 Å². The molecule has 0 saturated heterocycles. The van der Waals surface area contributed by atoms with Gasteiger partial charge < -0.3 is 19.9 Å². The molecule has 7 heteroatoms. The highest BCUT2D eigenvalue weighted by molar-refractivity contribution is 6.35. The number of halogens is 2. The van der Waals surface area contributed by atoms with Gasteiger partial charge in [-0.1, -0.05) is 23.2 Å². The molecule has 2 atom stereocenters. The molecule has 21 heavy (non-hydrogen) atoms. The van der Waals surface area contributed by atoms with Gasteiger partial charge in [0.25, 0.3) is 5.91 Å². The Morgan fingerprint density at radius 1 is 1.43 bits per heavy atom. The van der Waals surface area contributed by atoms with Gasteiger partial charge in [-0.3, -0.25) is 4.79 Å². The first-order chi connectivity index (χ1) is 9.93. The Bertz CT molecular complexity index is 470. The van der Waals surface area contributed by atoms with Gasteiger partial charge in [-0.15, -0.1) is 0 Å². The molecule has 0 aliphatic carbocycles. The molecule has 0 aliphatic heterocycles. The minimum Gasteiger partial charge on any atom is -0.479 e. The SMILES string of the molecule is COCC(O)CCNC(=O)C(C)Oc1ccc(Cl)cc1Cl. The molecule has 0 spiro atoms. The third-order valence-electron chi connectivity index (χ3n) is 2.70. The molecule has 1 aromatic carbocycles. The smallest absolute Gasteiger partial charge is 0.260 e. The number of aliphatic hydroxyl groups excluding tert-OH is 1. The van der Waals surface area contributed by atoms with E-state index in [1.165, 1.54) is 7.11 Å². The number of nitrogens with one attached hydrogen (secondary N) is 1. The number of hydrogen-bond acceptors (Lipinski definition) is 4. The first-order valence-corrected chi connectivity index (χ1v) is 7.26. The van der Waals surface area contributed by atoms with Crippen LogP contribution in [0.1, 0.15) is 13.3 Å². The summed E-state index contributed by atoms with van der Waals surface area (Å²) in [6.45, 7) is 2.19. The minimum absolute atomic E-state index is 0.238. The summed E-state index contributed by atoms with van der Waals surface area (Å²) in [6.07, 6.45) is -0.894. The molecule has 5 nitrogen and oxygen atoms in total. The van der Waals surface area contributed by atoms with Crippen LogP contribution in [0.5, 0.6) is 5.75 Å². The van der Waals surface area contributed by atoms with Crippen LogP contribution in [0.15, 0.2) is 18.2 Å². The predicted molar refractivity (Wildman–Crippen MR) is 82.1 cm³/mol. The second-order valence-corrected chi connectivity index (χ2v) is 5.37. The van der Waals surface area contributed by atoms with E-state index >= 15 is 0 Å². The summed E-state index contributed by atoms with van der Waals surface area (Å²) in [7, 11) is 1.51. The molecular formula is C14H19Cl2NO4. The fourth-order valence-corrected chi connectivity index (χ4v) is 2.05. The molecule has 0 fully saturated rings. The normalized spacial score (nSPS) is 13.6. The van der Waals surface area contributed by atoms with Crippen LogP contribution in [0.25, 0.3) is 0 Å². The van der Waals surface area contributed by atoms with Crippen molar-refractivity contribution in [3.63, 3.8) is 0 Å². The second-order valence-electron chi connectivity index (χ2n) is 4.52. The lowest BCUT2D eigenvalue weighted by molar-refractivity contribution is -0.127. The van der Waals surface area contributed by atoms with Gasteiger partial charge in [-0.2, -0.15) is 0 Å². The number of carbonyl (C=O) groups is 1. The zero-order valence-corrected chi connectivity index (χ0v) is 13.4. The van der Waals surface area contributed by atoms with Crippen LogP contribution in [0, 0.1) is 0 Å². The molecular weight excluding hydrogens is 317 g/mol. The molecule has 1 aromatic rings. The lowest BCUT2D eigenvalue weighted by Gasteiger charge is -2.16. The van der Waals surface area contributed by atoms with Gasteiger partial charge in [0.1, 0.15) is 5.75 Å². The van der Waals surface area contributed by atoms with E-state index in [9.17, 15) is 9.90 Å². The number of rotatable bonds is 8. The van der Waals surface area contributed by atoms with Gasteiger partial charge in [0.15, 0.2) is 6.10 Å². The molecule has 0 aromatic heterocycles. The molecule has 0 heterocycles. The molecule has 1 rings (SSSR count). The van der Waals surface area contributed by atoms with Crippen molar-refractivity contribution in [2.75, 3.05) is 20.3 Å². The summed E-state index contributed by atoms with van der Waals surface area (Å²) in [5.41, 5.74) is 0. The van der Waals surface area contributed by atoms with Gasteiger partial charge in [0.05, 0.1) is 17.7 Å². The predicted octanol–water partition coefficient (Wildman–Crippen LogP) is 2.27. The van der Waals surface area contributed by atoms with Crippen LogP contribution < -0.4 is 10.1 Å². The first-order valence-electron chi connectivity index (χ1n) is 6.50. The molecule has 2 N–H and O–H groups in total. The molecule has 1 amide bonds. The van der Waals surface area contributed by atoms with Gasteiger partial charge in [-0.05, 0) is 31.5 Å². The summed E-state index contributed by atoms with van der Waals surface area (Å²) in [5.74, 6) is 0.105. The van der Waals surface area contributed by atoms with Crippen LogP contribution >= 0.6 is 23.2 Å². The summed E-state index contributed by atoms with van der Waals surface area (Å²) in [5, 5.41) is 13.0. The minimum atomic E-state index is -0.705. The van der Waals surface area contributed by atoms with Crippen LogP contribution in [-0.4, -0.2) is 43.5 Å². The van der Waals surface area contributed by atoms with E-state index in [-0.39, 0.29) is 12.5 Å². The van der Waals surface area contributed by atoms with Crippen molar-refractivity contribution in [1.82, 2.24) is 5.32 Å². The number of carbonyl (C=O) groups excluding carboxylic acids is 1. The standard InChI is InChI=1S/C14H19Cl2NO4/c1-9(14(19)17-6-5-11(18)8-20-2)21-13-4-3-10(15)7-12(13)16/h3-4,7,9,11,18H,5-6,8H2,1-2H3,(H,17,19). The molecule has 118 valence electrons. The van der Waals surface area contributed by atoms with E-state index in [1.807, 2.05) is 0 Å². The third kappa shape index (κ3) is 6.52. The molecule has 0 aliphatic rings. The van der Waals surface area contributed by atoms with Crippen molar-refractivity contribution in [3.05, 3.63) is 28.2 Å². The number of benzene rings is 1. The van der Waals surface area contributed by atoms with E-state index in [0.29, 0.717) is 28.8 Å². The van der Waals surface area contributed by atoms with Crippen molar-refractivity contribution in [3.8, 4) is 5.75 Å². The Morgan fingerprint density at radius 3 is 2.76 bits per heavy atom. The lowest BCUT2D eigenvalue weighted by atomic mass is 10.2. The summed E-state index contributed by atoms with van der Waals surface area (Å²) < 4.78 is 10.3. The van der Waals surface area contributed by atoms with Crippen molar-refractivity contribution < 1.29 is 19.4 Å². The van der Waals surface area contributed by atoms with Gasteiger partial charge >= 0.3 is 0 Å². The highest BCUT2D eigenvalue weighted by Crippen LogP contribution is 2.28. The number of amides is 1. The van der Waals surface area contributed by atoms with Crippen LogP contribution in [0.2, 0.25) is 10.0 Å². The Kier molecular flexibility index (Phi) is 7.82. The summed E-state index contributed by atoms with van der Waals surface area (Å²) in [4.78, 5) is 11.8. The number of aliphatic hydroxyl groups is 1. The van der Waals surface area contributed by atoms with Crippen LogP contribution in [-0.2, 0) is 9.53 Å². The monoisotopic (exact) mass is 335 g/mol. The zero-order chi connectivity index (χ0) is 15.8. The van der Waals surface area contributed by atoms with E-state index in [1.54, 1.807) is 25.1 Å². The van der Waals surface area contributed by atoms with Crippen molar-refractivity contribution in [1.29, 1.82) is 0 Å². The molecule has 0 bridgehead atoms. The Hall–Kier alpha value is -1.01. The highest BCUT2D eigenvalue weighted by atomic mass is 35.5. The van der Waals surface area contributed by atoms with Crippen LogP contribution in [0.4, 0.5) is 0 Å². The maximum Gasteiger partial charge on any atom is 0.260 e. The Balaban J connectivity index is 2.40. The quantitative estimate of drug-likeness (QED) is 0.764. The van der Waals surface area contributed by atoms with Gasteiger partial charge in [-0.25, -0.2) is 0 Å². The van der Waals surface area contributed by atoms with E-state index < -0.39 is 12.2 Å². The maximum absolute atomic E-state index is 11.8. The van der Waals surface area contributed by atoms with Crippen molar-refractivity contribution >= 4 is 29.1 Å². The zero-order valence-electron chi connectivity index (χ0n) is 11.9. The molecule has 2 unspecified atom stereocenters. The van der Waals surface area contributed by atoms with E-state index in [0.717, 1.165) is 0 Å². The van der Waals surface area contributed by atoms with E-state index in [2.05, 4.69) is 5.32 Å². The summed E-state index contributed by atoms with van der Waals surface area (Å²) in [6, 6.07) is 4.79. The largest absolute Gasteiger partial charge is 0.479 e. The second kappa shape index (κ2) is 9.10. The Morgan fingerprint density at radius 2 is 2.14 bits per heavy atom. The summed E-state index contributed by atoms with van der Waals surface area (Å²) >= 11 is 11.8. The lowest BCUT2D eigenvalue weighted by Crippen LogP contribution is -2.38. The first kappa shape index (κ1) is 18.0. The highest BCUT2D eigenvalue weighted by Gasteiger charge is 2.16. The number of methoxy groups -OCH3 is 1. The number of ether oxygens (including phenoxy) is 2. The average molecular weight is 336 g/mol. The fourth-order valence-electron chi connectivity index (χ4n) is 1.60. The van der Waals surface area contributed by atoms with E-state index in [4.69, 9.17) is 32.7 Å². The Labute approximate surface area is 134 Å². The van der Waals surface area contributed by atoms with Crippen molar-refractivity contribution in [2.24, 2.45) is 0 Å². The molecule has 0 saturated carbocycles. The average Bonchev–Trinajstić information content (AvgIpc) is 2.42. The fraction of sp³-hybridized carbons (Fsp3) is 0.500.